The van der Waals surface area contributed by atoms with Crippen molar-refractivity contribution in [2.24, 2.45) is 0 Å². The van der Waals surface area contributed by atoms with Crippen LogP contribution in [0, 0.1) is 11.6 Å². The third-order valence-electron chi connectivity index (χ3n) is 15.7. The highest BCUT2D eigenvalue weighted by molar-refractivity contribution is 7.89. The first kappa shape index (κ1) is 67.4. The number of likely N-dealkylation sites (tertiary alicyclic amines) is 2. The second-order valence-corrected chi connectivity index (χ2v) is 25.6. The number of rotatable bonds is 34. The van der Waals surface area contributed by atoms with Gasteiger partial charge in [-0.3, -0.25) is 28.8 Å². The van der Waals surface area contributed by atoms with Crippen molar-refractivity contribution >= 4 is 55.5 Å². The largest absolute Gasteiger partial charge is 0.356 e. The molecule has 2 heterocycles. The van der Waals surface area contributed by atoms with E-state index < -0.39 is 79.7 Å². The summed E-state index contributed by atoms with van der Waals surface area (Å²) in [5, 5.41) is 17.2. The van der Waals surface area contributed by atoms with Crippen molar-refractivity contribution in [1.82, 2.24) is 50.3 Å². The zero-order chi connectivity index (χ0) is 61.5. The highest BCUT2D eigenvalue weighted by Crippen LogP contribution is 2.27. The Morgan fingerprint density at radius 3 is 1.26 bits per heavy atom. The van der Waals surface area contributed by atoms with Gasteiger partial charge in [0.05, 0.1) is 21.9 Å². The average molecular weight is 1220 g/mol. The molecule has 0 aromatic heterocycles. The molecule has 0 radical (unpaired) electrons. The van der Waals surface area contributed by atoms with Gasteiger partial charge in [0, 0.05) is 77.3 Å². The molecule has 85 heavy (non-hydrogen) atoms. The maximum Gasteiger partial charge on any atom is 0.245 e. The number of nitrogens with one attached hydrogen (secondary N) is 6. The smallest absolute Gasteiger partial charge is 0.245 e. The van der Waals surface area contributed by atoms with Crippen molar-refractivity contribution in [3.8, 4) is 0 Å². The van der Waals surface area contributed by atoms with Gasteiger partial charge in [-0.05, 0) is 158 Å². The van der Waals surface area contributed by atoms with Gasteiger partial charge in [0.25, 0.3) is 0 Å². The van der Waals surface area contributed by atoms with E-state index in [4.69, 9.17) is 0 Å². The van der Waals surface area contributed by atoms with Gasteiger partial charge in [0.2, 0.25) is 55.5 Å². The predicted octanol–water partition coefficient (Wildman–Crippen LogP) is 4.26. The number of halogens is 2. The summed E-state index contributed by atoms with van der Waals surface area (Å²) in [5.41, 5.74) is 1.84. The van der Waals surface area contributed by atoms with Gasteiger partial charge in [-0.25, -0.2) is 25.6 Å². The second-order valence-electron chi connectivity index (χ2n) is 21.7. The molecule has 0 spiro atoms. The number of nitrogens with zero attached hydrogens (tertiary/aromatic N) is 4. The normalized spacial score (nSPS) is 16.8. The van der Waals surface area contributed by atoms with Crippen molar-refractivity contribution in [2.45, 2.75) is 143 Å². The fourth-order valence-electron chi connectivity index (χ4n) is 10.5. The fraction of sp³-hybridized carbons (Fsp3) is 0.508. The minimum Gasteiger partial charge on any atom is -0.356 e. The molecule has 4 aromatic rings. The van der Waals surface area contributed by atoms with Gasteiger partial charge in [0.1, 0.15) is 23.7 Å². The minimum absolute atomic E-state index is 0.0190. The topological polar surface area (TPSA) is 256 Å². The Morgan fingerprint density at radius 1 is 0.541 bits per heavy atom. The molecule has 0 bridgehead atoms. The number of amides is 6. The van der Waals surface area contributed by atoms with E-state index in [0.717, 1.165) is 35.4 Å². The van der Waals surface area contributed by atoms with Crippen LogP contribution in [0.1, 0.15) is 95.6 Å². The molecular weight excluding hydrogens is 1130 g/mol. The number of benzene rings is 4. The summed E-state index contributed by atoms with van der Waals surface area (Å²) in [7, 11) is -4.99. The fourth-order valence-corrected chi connectivity index (χ4v) is 13.4. The summed E-state index contributed by atoms with van der Waals surface area (Å²) in [6, 6.07) is 23.8. The molecule has 2 aliphatic heterocycles. The standard InChI is InChI=1S/C61H84F2N10O10S2/c1-44(64-3)58(76)68-54(60(78)72-38-14-20-50(72)42-70(40-34-46-16-7-5-8-17-46)84(80,81)52-30-26-48(62)27-31-52)22-12-36-66-56(74)24-11-25-57(75)67-37-13-23-55(69-59(77)45(2)65-4)61(79)73-39-15-21-51(73)43-71(41-35-47-18-9-6-10-19-47)85(82,83)53-32-28-49(63)29-33-53/h5-10,16-19,26-33,44-45,50-51,54-55,64-65H,11-15,20-25,34-43H2,1-4H3,(H,66,74)(H,67,75)(H,68,76)(H,69,77)/t44-,45-,50-,51-,54-,55-/m0/s1. The first-order valence-electron chi connectivity index (χ1n) is 29.4. The van der Waals surface area contributed by atoms with Crippen LogP contribution >= 0.6 is 0 Å². The zero-order valence-corrected chi connectivity index (χ0v) is 50.8. The molecule has 24 heteroatoms. The van der Waals surface area contributed by atoms with Crippen LogP contribution in [0.25, 0.3) is 0 Å². The van der Waals surface area contributed by atoms with E-state index in [0.29, 0.717) is 64.5 Å². The van der Waals surface area contributed by atoms with E-state index in [1.54, 1.807) is 37.7 Å². The molecule has 20 nitrogen and oxygen atoms in total. The maximum absolute atomic E-state index is 14.4. The SMILES string of the molecule is CN[C@@H](C)C(=O)N[C@@H](CCCNC(=O)CCCC(=O)NCCC[C@H](NC(=O)[C@H](C)NC)C(=O)N1CCC[C@H]1CN(CCc1ccccc1)S(=O)(=O)c1ccc(F)cc1)C(=O)N1CCC[C@H]1CN(CCc1ccccc1)S(=O)(=O)c1ccc(F)cc1. The molecule has 6 N–H and O–H groups in total. The summed E-state index contributed by atoms with van der Waals surface area (Å²) >= 11 is 0. The zero-order valence-electron chi connectivity index (χ0n) is 49.1. The van der Waals surface area contributed by atoms with Gasteiger partial charge >= 0.3 is 0 Å². The minimum atomic E-state index is -4.11. The lowest BCUT2D eigenvalue weighted by Gasteiger charge is -2.33. The van der Waals surface area contributed by atoms with E-state index in [9.17, 15) is 54.4 Å². The van der Waals surface area contributed by atoms with Crippen LogP contribution in [0.15, 0.2) is 119 Å². The third-order valence-corrected chi connectivity index (χ3v) is 19.5. The van der Waals surface area contributed by atoms with Crippen molar-refractivity contribution < 1.29 is 54.4 Å². The van der Waals surface area contributed by atoms with Crippen molar-refractivity contribution in [2.75, 3.05) is 66.5 Å². The number of likely N-dealkylation sites (N-methyl/N-ethyl adjacent to an activating group) is 2. The van der Waals surface area contributed by atoms with Crippen LogP contribution in [-0.4, -0.2) is 173 Å². The Morgan fingerprint density at radius 2 is 0.906 bits per heavy atom. The third kappa shape index (κ3) is 20.2. The highest BCUT2D eigenvalue weighted by Gasteiger charge is 2.39. The Bertz CT molecular complexity index is 2840. The lowest BCUT2D eigenvalue weighted by atomic mass is 10.1. The van der Waals surface area contributed by atoms with Crippen molar-refractivity contribution in [1.29, 1.82) is 0 Å². The average Bonchev–Trinajstić information content (AvgIpc) is 3.67. The Labute approximate surface area is 499 Å². The highest BCUT2D eigenvalue weighted by atomic mass is 32.2. The number of hydrogen-bond donors (Lipinski definition) is 6. The molecule has 6 atom stereocenters. The van der Waals surface area contributed by atoms with E-state index >= 15 is 0 Å². The van der Waals surface area contributed by atoms with Crippen LogP contribution in [-0.2, 0) is 61.7 Å². The number of hydrogen-bond acceptors (Lipinski definition) is 12. The summed E-state index contributed by atoms with van der Waals surface area (Å²) < 4.78 is 86.8. The summed E-state index contributed by atoms with van der Waals surface area (Å²) in [5.74, 6) is -3.35. The van der Waals surface area contributed by atoms with Crippen LogP contribution in [0.5, 0.6) is 0 Å². The molecule has 0 unspecified atom stereocenters. The first-order chi connectivity index (χ1) is 40.7. The lowest BCUT2D eigenvalue weighted by molar-refractivity contribution is -0.138. The van der Waals surface area contributed by atoms with Gasteiger partial charge in [-0.2, -0.15) is 8.61 Å². The van der Waals surface area contributed by atoms with Crippen molar-refractivity contribution in [3.05, 3.63) is 132 Å². The van der Waals surface area contributed by atoms with Gasteiger partial charge in [-0.15, -0.1) is 0 Å². The first-order valence-corrected chi connectivity index (χ1v) is 32.3. The Kier molecular flexibility index (Phi) is 26.4. The number of sulfonamides is 2. The van der Waals surface area contributed by atoms with Gasteiger partial charge in [-0.1, -0.05) is 60.7 Å². The molecule has 2 fully saturated rings. The van der Waals surface area contributed by atoms with Gasteiger partial charge < -0.3 is 41.7 Å². The second kappa shape index (κ2) is 33.3. The van der Waals surface area contributed by atoms with Crippen molar-refractivity contribution in [3.63, 3.8) is 0 Å². The van der Waals surface area contributed by atoms with Crippen LogP contribution in [0.3, 0.4) is 0 Å². The molecule has 6 rings (SSSR count). The van der Waals surface area contributed by atoms with E-state index in [1.165, 1.54) is 32.9 Å². The molecule has 464 valence electrons. The Hall–Kier alpha value is -6.70. The van der Waals surface area contributed by atoms with E-state index in [1.807, 2.05) is 60.7 Å². The van der Waals surface area contributed by atoms with Gasteiger partial charge in [0.15, 0.2) is 0 Å². The molecule has 4 aromatic carbocycles. The summed E-state index contributed by atoms with van der Waals surface area (Å²) in [4.78, 5) is 84.3. The van der Waals surface area contributed by atoms with Crippen LogP contribution in [0.4, 0.5) is 8.78 Å². The summed E-state index contributed by atoms with van der Waals surface area (Å²) in [6.45, 7) is 4.51. The molecule has 2 aliphatic rings. The van der Waals surface area contributed by atoms with E-state index in [2.05, 4.69) is 31.9 Å². The maximum atomic E-state index is 14.4. The number of carbonyl (C=O) groups is 6. The summed E-state index contributed by atoms with van der Waals surface area (Å²) in [6.07, 6.45) is 4.27. The monoisotopic (exact) mass is 1220 g/mol. The Balaban J connectivity index is 0.983. The molecule has 0 aliphatic carbocycles. The molecule has 2 saturated heterocycles. The van der Waals surface area contributed by atoms with Crippen LogP contribution in [0.2, 0.25) is 0 Å². The lowest BCUT2D eigenvalue weighted by Crippen LogP contribution is -2.55. The number of carbonyl (C=O) groups excluding carboxylic acids is 6. The quantitative estimate of drug-likeness (QED) is 0.0359. The molecule has 6 amide bonds. The molecule has 0 saturated carbocycles. The molecular formula is C61H84F2N10O10S2. The van der Waals surface area contributed by atoms with Crippen LogP contribution < -0.4 is 31.9 Å². The van der Waals surface area contributed by atoms with E-state index in [-0.39, 0.29) is 105 Å². The predicted molar refractivity (Wildman–Crippen MR) is 319 cm³/mol.